The number of nitrogens with zero attached hydrogens (tertiary/aromatic N) is 4. The second-order valence-corrected chi connectivity index (χ2v) is 5.87. The molecule has 29 heavy (non-hydrogen) atoms. The van der Waals surface area contributed by atoms with Crippen LogP contribution in [0.2, 0.25) is 0 Å². The summed E-state index contributed by atoms with van der Waals surface area (Å²) in [7, 11) is 1.50. The van der Waals surface area contributed by atoms with Gasteiger partial charge in [0.15, 0.2) is 17.5 Å². The molecule has 0 spiro atoms. The monoisotopic (exact) mass is 424 g/mol. The maximum Gasteiger partial charge on any atom is 0.451 e. The highest BCUT2D eigenvalue weighted by Gasteiger charge is 2.39. The molecule has 7 nitrogen and oxygen atoms in total. The van der Waals surface area contributed by atoms with E-state index in [2.05, 4.69) is 21.2 Å². The zero-order chi connectivity index (χ0) is 21.8. The third kappa shape index (κ3) is 5.23. The Morgan fingerprint density at radius 3 is 2.41 bits per heavy atom. The van der Waals surface area contributed by atoms with Crippen LogP contribution in [-0.4, -0.2) is 45.7 Å². The highest BCUT2D eigenvalue weighted by Crippen LogP contribution is 2.29. The van der Waals surface area contributed by atoms with Crippen LogP contribution in [0.25, 0.3) is 0 Å². The van der Waals surface area contributed by atoms with Crippen LogP contribution >= 0.6 is 0 Å². The summed E-state index contributed by atoms with van der Waals surface area (Å²) in [4.78, 5) is 13.4. The second-order valence-electron chi connectivity index (χ2n) is 5.87. The maximum absolute atomic E-state index is 13.5. The molecule has 3 N–H and O–H groups in total. The molecule has 1 aliphatic heterocycles. The van der Waals surface area contributed by atoms with E-state index in [0.717, 1.165) is 4.57 Å². The smallest absolute Gasteiger partial charge is 0.333 e. The van der Waals surface area contributed by atoms with Gasteiger partial charge in [-0.15, -0.1) is 10.2 Å². The van der Waals surface area contributed by atoms with Crippen molar-refractivity contribution in [2.24, 2.45) is 5.73 Å². The Labute approximate surface area is 161 Å². The first-order valence-corrected chi connectivity index (χ1v) is 8.35. The average molecular weight is 424 g/mol. The number of benzene rings is 1. The number of halogens is 6. The molecule has 1 amide bonds. The highest BCUT2D eigenvalue weighted by molar-refractivity contribution is 5.78. The minimum absolute atomic E-state index is 0.00794. The van der Waals surface area contributed by atoms with Crippen molar-refractivity contribution in [3.63, 3.8) is 0 Å². The summed E-state index contributed by atoms with van der Waals surface area (Å²) >= 11 is 0. The number of carbonyl (C=O) groups excluding carboxylic acids is 1. The van der Waals surface area contributed by atoms with Gasteiger partial charge in [-0.2, -0.15) is 13.2 Å². The fraction of sp³-hybridized carbons (Fsp3) is 0.438. The number of nitrogens with one attached hydrogen (secondary N) is 1. The third-order valence-electron chi connectivity index (χ3n) is 4.04. The molecule has 13 heteroatoms. The molecule has 0 saturated carbocycles. The number of alkyl halides is 3. The summed E-state index contributed by atoms with van der Waals surface area (Å²) < 4.78 is 78.8. The number of hydrogen-bond donors (Lipinski definition) is 2. The van der Waals surface area contributed by atoms with Gasteiger partial charge in [-0.25, -0.2) is 13.2 Å². The van der Waals surface area contributed by atoms with Crippen molar-refractivity contribution in [2.75, 3.05) is 20.1 Å². The van der Waals surface area contributed by atoms with E-state index in [1.807, 2.05) is 0 Å². The summed E-state index contributed by atoms with van der Waals surface area (Å²) in [6.45, 7) is -0.728. The Hall–Kier alpha value is -2.67. The van der Waals surface area contributed by atoms with Gasteiger partial charge in [0, 0.05) is 31.3 Å². The molecule has 0 unspecified atom stereocenters. The van der Waals surface area contributed by atoms with Gasteiger partial charge in [-0.3, -0.25) is 4.79 Å². The molecule has 0 aliphatic carbocycles. The van der Waals surface area contributed by atoms with Crippen molar-refractivity contribution in [1.29, 1.82) is 0 Å². The van der Waals surface area contributed by atoms with Gasteiger partial charge < -0.3 is 20.5 Å². The molecule has 1 aromatic carbocycles. The number of fused-ring (bicyclic) bond motifs is 1. The van der Waals surface area contributed by atoms with E-state index in [1.54, 1.807) is 0 Å². The molecule has 160 valence electrons. The summed E-state index contributed by atoms with van der Waals surface area (Å²) in [5, 5.41) is 9.18. The first kappa shape index (κ1) is 22.6. The van der Waals surface area contributed by atoms with Gasteiger partial charge >= 0.3 is 6.18 Å². The Bertz CT molecular complexity index is 868. The van der Waals surface area contributed by atoms with Crippen LogP contribution in [0, 0.1) is 17.5 Å². The van der Waals surface area contributed by atoms with E-state index in [9.17, 15) is 31.1 Å². The van der Waals surface area contributed by atoms with Crippen molar-refractivity contribution >= 4 is 5.91 Å². The number of aromatic nitrogens is 3. The van der Waals surface area contributed by atoms with Crippen LogP contribution in [0.5, 0.6) is 0 Å². The number of carbonyl (C=O) groups is 1. The van der Waals surface area contributed by atoms with Gasteiger partial charge in [0.05, 0.1) is 13.1 Å². The molecule has 0 atom stereocenters. The van der Waals surface area contributed by atoms with Crippen LogP contribution in [-0.2, 0) is 30.6 Å². The summed E-state index contributed by atoms with van der Waals surface area (Å²) in [6.07, 6.45) is -4.63. The zero-order valence-corrected chi connectivity index (χ0v) is 15.2. The van der Waals surface area contributed by atoms with Crippen molar-refractivity contribution in [3.8, 4) is 0 Å². The molecule has 1 aliphatic rings. The molecule has 2 aromatic rings. The maximum atomic E-state index is 13.5. The first-order chi connectivity index (χ1) is 13.7. The average Bonchev–Trinajstić information content (AvgIpc) is 3.11. The Kier molecular flexibility index (Phi) is 7.19. The minimum atomic E-state index is -4.63. The van der Waals surface area contributed by atoms with Crippen molar-refractivity contribution in [1.82, 2.24) is 25.0 Å². The molecule has 2 heterocycles. The van der Waals surface area contributed by atoms with Gasteiger partial charge in [0.2, 0.25) is 11.7 Å². The van der Waals surface area contributed by atoms with Gasteiger partial charge in [-0.05, 0) is 13.1 Å². The van der Waals surface area contributed by atoms with E-state index >= 15 is 0 Å². The van der Waals surface area contributed by atoms with Gasteiger partial charge in [-0.1, -0.05) is 0 Å². The van der Waals surface area contributed by atoms with Crippen LogP contribution in [0.4, 0.5) is 26.3 Å². The van der Waals surface area contributed by atoms with Crippen LogP contribution < -0.4 is 11.1 Å². The van der Waals surface area contributed by atoms with E-state index in [1.165, 1.54) is 11.9 Å². The largest absolute Gasteiger partial charge is 0.451 e. The van der Waals surface area contributed by atoms with E-state index < -0.39 is 35.4 Å². The lowest BCUT2D eigenvalue weighted by molar-refractivity contribution is -0.148. The lowest BCUT2D eigenvalue weighted by Gasteiger charge is -2.28. The van der Waals surface area contributed by atoms with Crippen molar-refractivity contribution in [2.45, 2.75) is 25.8 Å². The van der Waals surface area contributed by atoms with E-state index in [-0.39, 0.29) is 44.1 Å². The number of nitrogens with two attached hydrogens (primary N) is 1. The molecule has 1 aromatic heterocycles. The summed E-state index contributed by atoms with van der Waals surface area (Å²) in [5.74, 6) is -5.05. The van der Waals surface area contributed by atoms with E-state index in [4.69, 9.17) is 0 Å². The zero-order valence-electron chi connectivity index (χ0n) is 15.2. The third-order valence-corrected chi connectivity index (χ3v) is 4.04. The molecule has 3 rings (SSSR count). The standard InChI is InChI=1S/C15H13F6N5O.CH5N/c16-9-4-11(18)10(17)3-8(9)5-22-6-13(27)25-1-2-26-12(7-25)23-24-14(26)15(19,20)21;1-2/h3-4,22H,1-2,5-7H2;2H2,1H3. The summed E-state index contributed by atoms with van der Waals surface area (Å²) in [5.41, 5.74) is 4.34. The highest BCUT2D eigenvalue weighted by atomic mass is 19.4. The molecule has 0 bridgehead atoms. The number of amides is 1. The first-order valence-electron chi connectivity index (χ1n) is 8.35. The normalized spacial score (nSPS) is 13.6. The molecule has 0 radical (unpaired) electrons. The van der Waals surface area contributed by atoms with Crippen molar-refractivity contribution < 1.29 is 31.1 Å². The Morgan fingerprint density at radius 1 is 1.10 bits per heavy atom. The van der Waals surface area contributed by atoms with Crippen molar-refractivity contribution in [3.05, 3.63) is 46.8 Å². The second kappa shape index (κ2) is 9.22. The lowest BCUT2D eigenvalue weighted by atomic mass is 10.2. The minimum Gasteiger partial charge on any atom is -0.333 e. The molecule has 0 saturated heterocycles. The topological polar surface area (TPSA) is 89.1 Å². The predicted octanol–water partition coefficient (Wildman–Crippen LogP) is 1.42. The van der Waals surface area contributed by atoms with Gasteiger partial charge in [0.1, 0.15) is 5.82 Å². The van der Waals surface area contributed by atoms with Crippen LogP contribution in [0.1, 0.15) is 17.2 Å². The fourth-order valence-electron chi connectivity index (χ4n) is 2.70. The Morgan fingerprint density at radius 2 is 1.76 bits per heavy atom. The van der Waals surface area contributed by atoms with Crippen LogP contribution in [0.3, 0.4) is 0 Å². The summed E-state index contributed by atoms with van der Waals surface area (Å²) in [6, 6.07) is 1.09. The van der Waals surface area contributed by atoms with E-state index in [0.29, 0.717) is 12.1 Å². The fourth-order valence-corrected chi connectivity index (χ4v) is 2.70. The van der Waals surface area contributed by atoms with Crippen LogP contribution in [0.15, 0.2) is 12.1 Å². The molecular formula is C16H18F6N6O. The SMILES string of the molecule is CN.O=C(CNCc1cc(F)c(F)cc1F)N1CCn2c(nnc2C(F)(F)F)C1. The lowest BCUT2D eigenvalue weighted by Crippen LogP contribution is -2.43. The Balaban J connectivity index is 0.00000145. The van der Waals surface area contributed by atoms with Gasteiger partial charge in [0.25, 0.3) is 0 Å². The quantitative estimate of drug-likeness (QED) is 0.573. The molecular weight excluding hydrogens is 406 g/mol. The molecule has 0 fully saturated rings. The predicted molar refractivity (Wildman–Crippen MR) is 88.6 cm³/mol. The number of hydrogen-bond acceptors (Lipinski definition) is 5. The number of rotatable bonds is 4.